The molecule has 0 bridgehead atoms. The van der Waals surface area contributed by atoms with Crippen LogP contribution < -0.4 is 10.2 Å². The van der Waals surface area contributed by atoms with Gasteiger partial charge in [-0.05, 0) is 71.9 Å². The fraction of sp³-hybridized carbons (Fsp3) is 0.200. The van der Waals surface area contributed by atoms with Gasteiger partial charge >= 0.3 is 0 Å². The van der Waals surface area contributed by atoms with E-state index in [1.807, 2.05) is 30.5 Å². The van der Waals surface area contributed by atoms with E-state index in [1.165, 1.54) is 0 Å². The van der Waals surface area contributed by atoms with Gasteiger partial charge in [0.15, 0.2) is 5.13 Å². The molecule has 2 saturated heterocycles. The summed E-state index contributed by atoms with van der Waals surface area (Å²) in [5.41, 5.74) is 4.91. The molecule has 2 fully saturated rings. The number of piperazine rings is 1. The second-order valence-corrected chi connectivity index (χ2v) is 10.5. The van der Waals surface area contributed by atoms with Gasteiger partial charge in [-0.3, -0.25) is 19.9 Å². The van der Waals surface area contributed by atoms with Crippen molar-refractivity contribution >= 4 is 66.6 Å². The molecule has 170 valence electrons. The number of imide groups is 1. The molecule has 6 rings (SSSR count). The van der Waals surface area contributed by atoms with E-state index < -0.39 is 0 Å². The summed E-state index contributed by atoms with van der Waals surface area (Å²) >= 11 is 2.66. The van der Waals surface area contributed by atoms with Gasteiger partial charge in [0.05, 0.1) is 20.6 Å². The van der Waals surface area contributed by atoms with Crippen LogP contribution in [0.2, 0.25) is 0 Å². The summed E-state index contributed by atoms with van der Waals surface area (Å²) < 4.78 is 1.16. The molecule has 2 aliphatic rings. The van der Waals surface area contributed by atoms with Gasteiger partial charge in [0, 0.05) is 37.8 Å². The number of hydrogen-bond donors (Lipinski definition) is 1. The maximum atomic E-state index is 12.0. The number of amides is 2. The highest BCUT2D eigenvalue weighted by Gasteiger charge is 2.25. The third-order valence-corrected chi connectivity index (χ3v) is 8.06. The third kappa shape index (κ3) is 3.96. The van der Waals surface area contributed by atoms with Crippen LogP contribution in [-0.2, 0) is 4.79 Å². The first-order chi connectivity index (χ1) is 16.5. The average Bonchev–Trinajstić information content (AvgIpc) is 3.40. The molecule has 4 heterocycles. The van der Waals surface area contributed by atoms with Crippen LogP contribution in [0.5, 0.6) is 0 Å². The van der Waals surface area contributed by atoms with E-state index in [9.17, 15) is 9.59 Å². The first-order valence-corrected chi connectivity index (χ1v) is 12.6. The van der Waals surface area contributed by atoms with Crippen molar-refractivity contribution in [2.24, 2.45) is 0 Å². The molecule has 4 aromatic rings. The fourth-order valence-electron chi connectivity index (χ4n) is 4.29. The summed E-state index contributed by atoms with van der Waals surface area (Å²) in [5, 5.41) is 4.03. The molecule has 1 N–H and O–H groups in total. The summed E-state index contributed by atoms with van der Waals surface area (Å²) in [6.07, 6.45) is 3.57. The van der Waals surface area contributed by atoms with Gasteiger partial charge in [-0.1, -0.05) is 23.5 Å². The van der Waals surface area contributed by atoms with Gasteiger partial charge in [-0.25, -0.2) is 4.98 Å². The number of benzene rings is 2. The Balaban J connectivity index is 1.38. The number of thioether (sulfide) groups is 1. The number of nitrogens with one attached hydrogen (secondary N) is 1. The average molecular weight is 488 g/mol. The number of anilines is 1. The van der Waals surface area contributed by atoms with Gasteiger partial charge in [0.2, 0.25) is 0 Å². The summed E-state index contributed by atoms with van der Waals surface area (Å²) in [5.74, 6) is -0.353. The number of aromatic nitrogens is 2. The van der Waals surface area contributed by atoms with E-state index in [0.29, 0.717) is 4.91 Å². The molecule has 0 spiro atoms. The van der Waals surface area contributed by atoms with Crippen LogP contribution in [0.15, 0.2) is 53.6 Å². The van der Waals surface area contributed by atoms with Crippen molar-refractivity contribution in [3.8, 4) is 11.1 Å². The number of carbonyl (C=O) groups excluding carboxylic acids is 2. The molecule has 34 heavy (non-hydrogen) atoms. The minimum Gasteiger partial charge on any atom is -0.345 e. The number of carbonyl (C=O) groups is 2. The first kappa shape index (κ1) is 21.3. The highest BCUT2D eigenvalue weighted by Crippen LogP contribution is 2.35. The molecule has 0 radical (unpaired) electrons. The van der Waals surface area contributed by atoms with Crippen LogP contribution >= 0.6 is 23.1 Å². The van der Waals surface area contributed by atoms with Gasteiger partial charge < -0.3 is 9.80 Å². The number of fused-ring (bicyclic) bond motifs is 2. The van der Waals surface area contributed by atoms with Gasteiger partial charge in [-0.2, -0.15) is 0 Å². The predicted octanol–water partition coefficient (Wildman–Crippen LogP) is 4.59. The molecule has 2 amide bonds. The lowest BCUT2D eigenvalue weighted by molar-refractivity contribution is -0.115. The topological polar surface area (TPSA) is 78.4 Å². The molecule has 2 aromatic heterocycles. The Labute approximate surface area is 204 Å². The van der Waals surface area contributed by atoms with E-state index >= 15 is 0 Å². The van der Waals surface area contributed by atoms with Gasteiger partial charge in [0.25, 0.3) is 11.1 Å². The molecular formula is C25H21N5O2S2. The van der Waals surface area contributed by atoms with Crippen molar-refractivity contribution in [2.45, 2.75) is 0 Å². The zero-order valence-electron chi connectivity index (χ0n) is 18.4. The van der Waals surface area contributed by atoms with Crippen LogP contribution in [0.3, 0.4) is 0 Å². The Morgan fingerprint density at radius 1 is 1.00 bits per heavy atom. The largest absolute Gasteiger partial charge is 0.345 e. The molecule has 7 nitrogen and oxygen atoms in total. The smallest absolute Gasteiger partial charge is 0.290 e. The van der Waals surface area contributed by atoms with Crippen molar-refractivity contribution < 1.29 is 9.59 Å². The van der Waals surface area contributed by atoms with Crippen LogP contribution in [0.1, 0.15) is 5.56 Å². The lowest BCUT2D eigenvalue weighted by Crippen LogP contribution is -2.44. The van der Waals surface area contributed by atoms with E-state index in [1.54, 1.807) is 17.4 Å². The summed E-state index contributed by atoms with van der Waals surface area (Å²) in [4.78, 5) is 38.0. The summed E-state index contributed by atoms with van der Waals surface area (Å²) in [6, 6.07) is 14.3. The standard InChI is InChI=1S/C25H21N5O2S2/c1-29-8-10-30(11-9-29)24-27-20-5-3-16(14-21(20)33-24)17-6-7-26-19-4-2-15(12-18(17)19)13-22-23(31)28-25(32)34-22/h2-7,12-14H,8-11H2,1H3,(H,28,31,32). The van der Waals surface area contributed by atoms with Crippen LogP contribution in [-0.4, -0.2) is 59.2 Å². The Kier molecular flexibility index (Phi) is 5.32. The molecule has 2 aliphatic heterocycles. The maximum absolute atomic E-state index is 12.0. The van der Waals surface area contributed by atoms with Crippen molar-refractivity contribution in [1.29, 1.82) is 0 Å². The zero-order chi connectivity index (χ0) is 23.2. The zero-order valence-corrected chi connectivity index (χ0v) is 20.1. The van der Waals surface area contributed by atoms with Crippen LogP contribution in [0.4, 0.5) is 9.93 Å². The number of pyridine rings is 1. The predicted molar refractivity (Wildman–Crippen MR) is 139 cm³/mol. The number of hydrogen-bond acceptors (Lipinski definition) is 8. The van der Waals surface area contributed by atoms with Crippen molar-refractivity contribution in [3.63, 3.8) is 0 Å². The van der Waals surface area contributed by atoms with Crippen LogP contribution in [0.25, 0.3) is 38.3 Å². The van der Waals surface area contributed by atoms with Crippen molar-refractivity contribution in [3.05, 3.63) is 59.1 Å². The lowest BCUT2D eigenvalue weighted by atomic mass is 9.99. The quantitative estimate of drug-likeness (QED) is 0.424. The van der Waals surface area contributed by atoms with Gasteiger partial charge in [0.1, 0.15) is 0 Å². The Morgan fingerprint density at radius 3 is 2.62 bits per heavy atom. The molecule has 2 aromatic carbocycles. The second-order valence-electron chi connectivity index (χ2n) is 8.46. The number of thiazole rings is 1. The molecular weight excluding hydrogens is 466 g/mol. The molecule has 0 saturated carbocycles. The van der Waals surface area contributed by atoms with Gasteiger partial charge in [-0.15, -0.1) is 0 Å². The monoisotopic (exact) mass is 487 g/mol. The number of nitrogens with zero attached hydrogens (tertiary/aromatic N) is 4. The molecule has 9 heteroatoms. The molecule has 0 unspecified atom stereocenters. The van der Waals surface area contributed by atoms with Crippen molar-refractivity contribution in [2.75, 3.05) is 38.1 Å². The molecule has 0 aliphatic carbocycles. The third-order valence-electron chi connectivity index (χ3n) is 6.17. The SMILES string of the molecule is CN1CCN(c2nc3ccc(-c4ccnc5ccc(C=C6SC(=O)NC6=O)cc45)cc3s2)CC1. The Bertz CT molecular complexity index is 1490. The Hall–Kier alpha value is -3.27. The fourth-order valence-corrected chi connectivity index (χ4v) is 6.03. The van der Waals surface area contributed by atoms with E-state index in [4.69, 9.17) is 4.98 Å². The summed E-state index contributed by atoms with van der Waals surface area (Å²) in [7, 11) is 2.16. The van der Waals surface area contributed by atoms with E-state index in [2.05, 4.69) is 45.3 Å². The normalized spacial score (nSPS) is 18.4. The highest BCUT2D eigenvalue weighted by molar-refractivity contribution is 8.18. The lowest BCUT2D eigenvalue weighted by Gasteiger charge is -2.32. The van der Waals surface area contributed by atoms with Crippen LogP contribution in [0, 0.1) is 0 Å². The molecule has 0 atom stereocenters. The first-order valence-electron chi connectivity index (χ1n) is 11.0. The highest BCUT2D eigenvalue weighted by atomic mass is 32.2. The number of rotatable bonds is 3. The summed E-state index contributed by atoms with van der Waals surface area (Å²) in [6.45, 7) is 4.10. The minimum absolute atomic E-state index is 0.340. The van der Waals surface area contributed by atoms with E-state index in [0.717, 1.165) is 80.9 Å². The second kappa shape index (κ2) is 8.50. The maximum Gasteiger partial charge on any atom is 0.290 e. The van der Waals surface area contributed by atoms with Crippen molar-refractivity contribution in [1.82, 2.24) is 20.2 Å². The minimum atomic E-state index is -0.353. The Morgan fingerprint density at radius 2 is 1.82 bits per heavy atom. The number of likely N-dealkylation sites (N-methyl/N-ethyl adjacent to an activating group) is 1. The van der Waals surface area contributed by atoms with E-state index in [-0.39, 0.29) is 11.1 Å².